The van der Waals surface area contributed by atoms with Gasteiger partial charge in [-0.3, -0.25) is 9.36 Å². The van der Waals surface area contributed by atoms with Crippen LogP contribution in [0.1, 0.15) is 12.5 Å². The molecule has 5 nitrogen and oxygen atoms in total. The molecule has 3 aromatic rings. The zero-order chi connectivity index (χ0) is 15.9. The van der Waals surface area contributed by atoms with Crippen molar-refractivity contribution in [3.05, 3.63) is 57.4 Å². The molecule has 0 bridgehead atoms. The van der Waals surface area contributed by atoms with Gasteiger partial charge in [-0.05, 0) is 24.6 Å². The monoisotopic (exact) mass is 324 g/mol. The fourth-order valence-electron chi connectivity index (χ4n) is 2.23. The molecule has 0 N–H and O–H groups in total. The van der Waals surface area contributed by atoms with Gasteiger partial charge in [0.25, 0.3) is 5.56 Å². The second-order valence-electron chi connectivity index (χ2n) is 4.71. The molecule has 0 spiro atoms. The van der Waals surface area contributed by atoms with E-state index in [2.05, 4.69) is 9.97 Å². The number of aromatic nitrogens is 4. The maximum Gasteiger partial charge on any atom is 0.282 e. The molecule has 2 heterocycles. The molecular weight excluding hydrogens is 314 g/mol. The van der Waals surface area contributed by atoms with Crippen LogP contribution in [0.5, 0.6) is 0 Å². The summed E-state index contributed by atoms with van der Waals surface area (Å²) in [6, 6.07) is 3.31. The predicted octanol–water partition coefficient (Wildman–Crippen LogP) is 2.59. The van der Waals surface area contributed by atoms with E-state index in [9.17, 15) is 13.6 Å². The van der Waals surface area contributed by atoms with E-state index in [1.807, 2.05) is 0 Å². The van der Waals surface area contributed by atoms with E-state index < -0.39 is 11.6 Å². The van der Waals surface area contributed by atoms with Crippen molar-refractivity contribution in [2.45, 2.75) is 20.0 Å². The molecule has 3 rings (SSSR count). The lowest BCUT2D eigenvalue weighted by molar-refractivity contribution is 0.567. The van der Waals surface area contributed by atoms with Crippen LogP contribution < -0.4 is 5.56 Å². The van der Waals surface area contributed by atoms with Gasteiger partial charge in [-0.1, -0.05) is 6.07 Å². The van der Waals surface area contributed by atoms with Crippen LogP contribution >= 0.6 is 11.6 Å². The van der Waals surface area contributed by atoms with Crippen LogP contribution in [-0.2, 0) is 13.1 Å². The van der Waals surface area contributed by atoms with Crippen molar-refractivity contribution < 1.29 is 8.78 Å². The lowest BCUT2D eigenvalue weighted by Crippen LogP contribution is -2.21. The summed E-state index contributed by atoms with van der Waals surface area (Å²) in [6.07, 6.45) is 1.39. The van der Waals surface area contributed by atoms with Crippen molar-refractivity contribution in [1.82, 2.24) is 19.1 Å². The molecule has 0 fully saturated rings. The molecule has 2 aromatic heterocycles. The first kappa shape index (κ1) is 14.6. The van der Waals surface area contributed by atoms with E-state index in [1.165, 1.54) is 27.6 Å². The Labute approximate surface area is 128 Å². The van der Waals surface area contributed by atoms with Crippen LogP contribution in [0.3, 0.4) is 0 Å². The van der Waals surface area contributed by atoms with Gasteiger partial charge in [0.15, 0.2) is 11.2 Å². The van der Waals surface area contributed by atoms with E-state index in [-0.39, 0.29) is 34.1 Å². The summed E-state index contributed by atoms with van der Waals surface area (Å²) in [5.74, 6) is -1.32. The first-order valence-electron chi connectivity index (χ1n) is 6.56. The van der Waals surface area contributed by atoms with Crippen LogP contribution in [0.15, 0.2) is 29.3 Å². The predicted molar refractivity (Wildman–Crippen MR) is 77.9 cm³/mol. The SMILES string of the molecule is CCn1c(Cl)nc2c(ncn2Cc2ccc(F)cc2F)c1=O. The standard InChI is InChI=1S/C14H11ClF2N4O/c1-2-21-13(22)11-12(19-14(21)15)20(7-18-11)6-8-3-4-9(16)5-10(8)17/h3-5,7H,2,6H2,1H3. The first-order chi connectivity index (χ1) is 10.5. The first-order valence-corrected chi connectivity index (χ1v) is 6.94. The smallest absolute Gasteiger partial charge is 0.282 e. The summed E-state index contributed by atoms with van der Waals surface area (Å²) in [5, 5.41) is 0.0429. The van der Waals surface area contributed by atoms with E-state index in [4.69, 9.17) is 11.6 Å². The Bertz CT molecular complexity index is 919. The second-order valence-corrected chi connectivity index (χ2v) is 5.05. The van der Waals surface area contributed by atoms with Crippen LogP contribution in [0, 0.1) is 11.6 Å². The number of benzene rings is 1. The van der Waals surface area contributed by atoms with Crippen molar-refractivity contribution in [2.24, 2.45) is 0 Å². The Kier molecular flexibility index (Phi) is 3.66. The van der Waals surface area contributed by atoms with Crippen molar-refractivity contribution in [3.8, 4) is 0 Å². The largest absolute Gasteiger partial charge is 0.310 e. The lowest BCUT2D eigenvalue weighted by atomic mass is 10.2. The molecule has 0 unspecified atom stereocenters. The summed E-state index contributed by atoms with van der Waals surface area (Å²) in [5.41, 5.74) is 0.339. The minimum atomic E-state index is -0.671. The van der Waals surface area contributed by atoms with Crippen LogP contribution in [0.2, 0.25) is 5.28 Å². The molecule has 0 aliphatic rings. The third-order valence-electron chi connectivity index (χ3n) is 3.35. The quantitative estimate of drug-likeness (QED) is 0.696. The van der Waals surface area contributed by atoms with Gasteiger partial charge in [0.2, 0.25) is 5.28 Å². The molecule has 0 saturated heterocycles. The zero-order valence-corrected chi connectivity index (χ0v) is 12.3. The van der Waals surface area contributed by atoms with Crippen LogP contribution in [-0.4, -0.2) is 19.1 Å². The highest BCUT2D eigenvalue weighted by molar-refractivity contribution is 6.28. The van der Waals surface area contributed by atoms with Crippen molar-refractivity contribution in [2.75, 3.05) is 0 Å². The molecule has 0 amide bonds. The Morgan fingerprint density at radius 1 is 1.32 bits per heavy atom. The number of rotatable bonds is 3. The van der Waals surface area contributed by atoms with E-state index in [0.717, 1.165) is 6.07 Å². The van der Waals surface area contributed by atoms with E-state index >= 15 is 0 Å². The average molecular weight is 325 g/mol. The molecule has 0 aliphatic carbocycles. The van der Waals surface area contributed by atoms with Gasteiger partial charge in [0.1, 0.15) is 11.6 Å². The normalized spacial score (nSPS) is 11.3. The van der Waals surface area contributed by atoms with Crippen molar-refractivity contribution in [1.29, 1.82) is 0 Å². The highest BCUT2D eigenvalue weighted by atomic mass is 35.5. The minimum Gasteiger partial charge on any atom is -0.310 e. The molecular formula is C14H11ClF2N4O. The van der Waals surface area contributed by atoms with Gasteiger partial charge in [-0.15, -0.1) is 0 Å². The molecule has 0 radical (unpaired) electrons. The van der Waals surface area contributed by atoms with Gasteiger partial charge in [0, 0.05) is 18.2 Å². The number of nitrogens with zero attached hydrogens (tertiary/aromatic N) is 4. The van der Waals surface area contributed by atoms with Gasteiger partial charge in [-0.2, -0.15) is 4.98 Å². The summed E-state index contributed by atoms with van der Waals surface area (Å²) in [7, 11) is 0. The third-order valence-corrected chi connectivity index (χ3v) is 3.64. The number of imidazole rings is 1. The van der Waals surface area contributed by atoms with Gasteiger partial charge in [-0.25, -0.2) is 13.8 Å². The maximum atomic E-state index is 13.7. The summed E-state index contributed by atoms with van der Waals surface area (Å²) in [4.78, 5) is 20.4. The molecule has 114 valence electrons. The lowest BCUT2D eigenvalue weighted by Gasteiger charge is -2.07. The minimum absolute atomic E-state index is 0.0429. The van der Waals surface area contributed by atoms with Gasteiger partial charge in [0.05, 0.1) is 12.9 Å². The van der Waals surface area contributed by atoms with E-state index in [1.54, 1.807) is 6.92 Å². The Hall–Kier alpha value is -2.28. The Morgan fingerprint density at radius 2 is 2.09 bits per heavy atom. The van der Waals surface area contributed by atoms with Gasteiger partial charge >= 0.3 is 0 Å². The third kappa shape index (κ3) is 2.37. The highest BCUT2D eigenvalue weighted by Gasteiger charge is 2.14. The molecule has 0 saturated carbocycles. The van der Waals surface area contributed by atoms with Crippen LogP contribution in [0.4, 0.5) is 8.78 Å². The second kappa shape index (κ2) is 5.49. The maximum absolute atomic E-state index is 13.7. The Balaban J connectivity index is 2.11. The Morgan fingerprint density at radius 3 is 2.77 bits per heavy atom. The average Bonchev–Trinajstić information content (AvgIpc) is 2.85. The summed E-state index contributed by atoms with van der Waals surface area (Å²) in [6.45, 7) is 2.22. The van der Waals surface area contributed by atoms with E-state index in [0.29, 0.717) is 6.54 Å². The van der Waals surface area contributed by atoms with Crippen molar-refractivity contribution in [3.63, 3.8) is 0 Å². The number of fused-ring (bicyclic) bond motifs is 1. The zero-order valence-electron chi connectivity index (χ0n) is 11.6. The number of halogens is 3. The molecule has 1 aromatic carbocycles. The number of hydrogen-bond acceptors (Lipinski definition) is 3. The molecule has 22 heavy (non-hydrogen) atoms. The van der Waals surface area contributed by atoms with Crippen molar-refractivity contribution >= 4 is 22.8 Å². The molecule has 0 atom stereocenters. The fourth-order valence-corrected chi connectivity index (χ4v) is 2.50. The number of hydrogen-bond donors (Lipinski definition) is 0. The molecule has 0 aliphatic heterocycles. The summed E-state index contributed by atoms with van der Waals surface area (Å²) < 4.78 is 29.5. The topological polar surface area (TPSA) is 52.7 Å². The highest BCUT2D eigenvalue weighted by Crippen LogP contribution is 2.15. The summed E-state index contributed by atoms with van der Waals surface area (Å²) >= 11 is 5.98. The fraction of sp³-hybridized carbons (Fsp3) is 0.214. The molecule has 8 heteroatoms. The van der Waals surface area contributed by atoms with Gasteiger partial charge < -0.3 is 4.57 Å². The van der Waals surface area contributed by atoms with Crippen LogP contribution in [0.25, 0.3) is 11.2 Å².